The molecule has 108 valence electrons. The highest BCUT2D eigenvalue weighted by molar-refractivity contribution is 5.76. The van der Waals surface area contributed by atoms with E-state index in [4.69, 9.17) is 9.84 Å². The molecule has 0 spiro atoms. The summed E-state index contributed by atoms with van der Waals surface area (Å²) in [6, 6.07) is 10.1. The van der Waals surface area contributed by atoms with Crippen LogP contribution < -0.4 is 0 Å². The lowest BCUT2D eigenvalue weighted by Gasteiger charge is -2.38. The first-order valence-corrected chi connectivity index (χ1v) is 7.37. The Labute approximate surface area is 119 Å². The number of benzene rings is 1. The second-order valence-electron chi connectivity index (χ2n) is 5.68. The molecule has 1 amide bonds. The van der Waals surface area contributed by atoms with Crippen molar-refractivity contribution in [1.82, 2.24) is 4.90 Å². The van der Waals surface area contributed by atoms with E-state index in [1.165, 1.54) is 12.8 Å². The normalized spacial score (nSPS) is 26.6. The summed E-state index contributed by atoms with van der Waals surface area (Å²) >= 11 is 0. The molecule has 1 heterocycles. The molecule has 2 atom stereocenters. The minimum Gasteiger partial charge on any atom is -0.396 e. The van der Waals surface area contributed by atoms with E-state index in [-0.39, 0.29) is 31.1 Å². The minimum absolute atomic E-state index is 0.0300. The van der Waals surface area contributed by atoms with E-state index in [1.807, 2.05) is 23.1 Å². The zero-order chi connectivity index (χ0) is 13.9. The molecule has 0 radical (unpaired) electrons. The Balaban J connectivity index is 1.74. The number of nitrogens with zero attached hydrogens (tertiary/aromatic N) is 1. The number of carbonyl (C=O) groups excluding carboxylic acids is 1. The van der Waals surface area contributed by atoms with Crippen molar-refractivity contribution in [3.05, 3.63) is 35.9 Å². The van der Waals surface area contributed by atoms with Crippen LogP contribution in [0.25, 0.3) is 0 Å². The zero-order valence-corrected chi connectivity index (χ0v) is 11.6. The fourth-order valence-corrected chi connectivity index (χ4v) is 2.83. The van der Waals surface area contributed by atoms with Gasteiger partial charge < -0.3 is 14.7 Å². The van der Waals surface area contributed by atoms with Crippen LogP contribution in [0.2, 0.25) is 0 Å². The Morgan fingerprint density at radius 2 is 2.00 bits per heavy atom. The maximum absolute atomic E-state index is 12.1. The molecular formula is C16H21NO3. The monoisotopic (exact) mass is 275 g/mol. The first-order valence-electron chi connectivity index (χ1n) is 7.37. The van der Waals surface area contributed by atoms with E-state index in [0.29, 0.717) is 19.0 Å². The quantitative estimate of drug-likeness (QED) is 0.910. The van der Waals surface area contributed by atoms with Crippen LogP contribution in [-0.4, -0.2) is 41.7 Å². The minimum atomic E-state index is -0.0830. The Morgan fingerprint density at radius 1 is 1.25 bits per heavy atom. The van der Waals surface area contributed by atoms with Crippen LogP contribution in [0.3, 0.4) is 0 Å². The van der Waals surface area contributed by atoms with Crippen LogP contribution in [0, 0.1) is 5.92 Å². The molecule has 2 fully saturated rings. The van der Waals surface area contributed by atoms with Gasteiger partial charge in [0.25, 0.3) is 0 Å². The lowest BCUT2D eigenvalue weighted by Crippen LogP contribution is -2.47. The maximum Gasteiger partial charge on any atom is 0.225 e. The van der Waals surface area contributed by atoms with Gasteiger partial charge in [-0.25, -0.2) is 0 Å². The third-order valence-electron chi connectivity index (χ3n) is 4.12. The number of carbonyl (C=O) groups is 1. The van der Waals surface area contributed by atoms with E-state index in [2.05, 4.69) is 12.1 Å². The smallest absolute Gasteiger partial charge is 0.225 e. The van der Waals surface area contributed by atoms with Crippen molar-refractivity contribution in [2.45, 2.75) is 31.5 Å². The average molecular weight is 275 g/mol. The molecule has 1 aromatic carbocycles. The molecule has 0 bridgehead atoms. The highest BCUT2D eigenvalue weighted by atomic mass is 16.5. The highest BCUT2D eigenvalue weighted by Gasteiger charge is 2.39. The van der Waals surface area contributed by atoms with Crippen molar-refractivity contribution in [3.63, 3.8) is 0 Å². The molecule has 0 aromatic heterocycles. The van der Waals surface area contributed by atoms with Crippen LogP contribution in [-0.2, 0) is 9.53 Å². The number of morpholine rings is 1. The molecule has 0 unspecified atom stereocenters. The summed E-state index contributed by atoms with van der Waals surface area (Å²) in [4.78, 5) is 13.9. The first kappa shape index (κ1) is 13.6. The van der Waals surface area contributed by atoms with E-state index in [1.54, 1.807) is 0 Å². The van der Waals surface area contributed by atoms with Crippen molar-refractivity contribution in [2.75, 3.05) is 19.7 Å². The summed E-state index contributed by atoms with van der Waals surface area (Å²) in [7, 11) is 0. The molecule has 1 aliphatic heterocycles. The van der Waals surface area contributed by atoms with E-state index in [9.17, 15) is 4.79 Å². The summed E-state index contributed by atoms with van der Waals surface area (Å²) in [6.07, 6.45) is 2.72. The van der Waals surface area contributed by atoms with Gasteiger partial charge in [0.1, 0.15) is 6.10 Å². The summed E-state index contributed by atoms with van der Waals surface area (Å²) in [5.41, 5.74) is 1.12. The lowest BCUT2D eigenvalue weighted by molar-refractivity contribution is -0.148. The van der Waals surface area contributed by atoms with Crippen LogP contribution in [0.4, 0.5) is 0 Å². The van der Waals surface area contributed by atoms with Crippen LogP contribution in [0.5, 0.6) is 0 Å². The predicted molar refractivity (Wildman–Crippen MR) is 75.1 cm³/mol. The second kappa shape index (κ2) is 5.94. The molecule has 1 saturated heterocycles. The van der Waals surface area contributed by atoms with Gasteiger partial charge in [-0.05, 0) is 24.3 Å². The maximum atomic E-state index is 12.1. The van der Waals surface area contributed by atoms with Gasteiger partial charge in [0.15, 0.2) is 0 Å². The van der Waals surface area contributed by atoms with Crippen LogP contribution in [0.15, 0.2) is 30.3 Å². The van der Waals surface area contributed by atoms with E-state index < -0.39 is 0 Å². The van der Waals surface area contributed by atoms with Crippen molar-refractivity contribution >= 4 is 5.91 Å². The molecular weight excluding hydrogens is 254 g/mol. The molecule has 1 aromatic rings. The highest BCUT2D eigenvalue weighted by Crippen LogP contribution is 2.39. The van der Waals surface area contributed by atoms with Crippen molar-refractivity contribution in [2.24, 2.45) is 5.92 Å². The lowest BCUT2D eigenvalue weighted by atomic mass is 10.0. The SMILES string of the molecule is O=C(CCO)N1C[C@@H](c2ccccc2)O[C@@H](C2CC2)C1. The van der Waals surface area contributed by atoms with Gasteiger partial charge in [-0.1, -0.05) is 30.3 Å². The Kier molecular flexibility index (Phi) is 4.03. The molecule has 1 N–H and O–H groups in total. The fourth-order valence-electron chi connectivity index (χ4n) is 2.83. The molecule has 2 aliphatic rings. The third kappa shape index (κ3) is 3.02. The number of aliphatic hydroxyl groups excluding tert-OH is 1. The van der Waals surface area contributed by atoms with Gasteiger partial charge in [-0.15, -0.1) is 0 Å². The fraction of sp³-hybridized carbons (Fsp3) is 0.562. The van der Waals surface area contributed by atoms with Gasteiger partial charge in [0.2, 0.25) is 5.91 Å². The molecule has 1 aliphatic carbocycles. The standard InChI is InChI=1S/C16H21NO3/c18-9-8-16(19)17-10-14(12-4-2-1-3-5-12)20-15(11-17)13-6-7-13/h1-5,13-15,18H,6-11H2/t14-,15+/m0/s1. The third-order valence-corrected chi connectivity index (χ3v) is 4.12. The zero-order valence-electron chi connectivity index (χ0n) is 11.6. The molecule has 1 saturated carbocycles. The Bertz CT molecular complexity index is 458. The molecule has 4 heteroatoms. The summed E-state index contributed by atoms with van der Waals surface area (Å²) in [5.74, 6) is 0.633. The summed E-state index contributed by atoms with van der Waals surface area (Å²) in [6.45, 7) is 1.18. The van der Waals surface area contributed by atoms with Crippen molar-refractivity contribution < 1.29 is 14.6 Å². The van der Waals surface area contributed by atoms with Gasteiger partial charge in [0, 0.05) is 13.0 Å². The Hall–Kier alpha value is -1.39. The van der Waals surface area contributed by atoms with Crippen molar-refractivity contribution in [3.8, 4) is 0 Å². The van der Waals surface area contributed by atoms with E-state index >= 15 is 0 Å². The van der Waals surface area contributed by atoms with E-state index in [0.717, 1.165) is 5.56 Å². The first-order chi connectivity index (χ1) is 9.78. The number of rotatable bonds is 4. The van der Waals surface area contributed by atoms with Gasteiger partial charge in [0.05, 0.1) is 19.3 Å². The number of ether oxygens (including phenoxy) is 1. The topological polar surface area (TPSA) is 49.8 Å². The number of amides is 1. The predicted octanol–water partition coefficient (Wildman–Crippen LogP) is 1.75. The summed E-state index contributed by atoms with van der Waals surface area (Å²) in [5, 5.41) is 8.96. The number of aliphatic hydroxyl groups is 1. The second-order valence-corrected chi connectivity index (χ2v) is 5.68. The Morgan fingerprint density at radius 3 is 2.65 bits per heavy atom. The van der Waals surface area contributed by atoms with Crippen LogP contribution >= 0.6 is 0 Å². The van der Waals surface area contributed by atoms with Crippen LogP contribution in [0.1, 0.15) is 30.9 Å². The van der Waals surface area contributed by atoms with Crippen molar-refractivity contribution in [1.29, 1.82) is 0 Å². The molecule has 4 nitrogen and oxygen atoms in total. The average Bonchev–Trinajstić information content (AvgIpc) is 3.33. The number of hydrogen-bond donors (Lipinski definition) is 1. The van der Waals surface area contributed by atoms with Gasteiger partial charge in [-0.3, -0.25) is 4.79 Å². The van der Waals surface area contributed by atoms with Gasteiger partial charge in [-0.2, -0.15) is 0 Å². The largest absolute Gasteiger partial charge is 0.396 e. The van der Waals surface area contributed by atoms with Gasteiger partial charge >= 0.3 is 0 Å². The molecule has 3 rings (SSSR count). The number of hydrogen-bond acceptors (Lipinski definition) is 3. The molecule has 20 heavy (non-hydrogen) atoms. The summed E-state index contributed by atoms with van der Waals surface area (Å²) < 4.78 is 6.20.